The fraction of sp³-hybridized carbons (Fsp3) is 0.444. The van der Waals surface area contributed by atoms with E-state index in [1.165, 1.54) is 19.2 Å². The van der Waals surface area contributed by atoms with Crippen molar-refractivity contribution in [1.29, 1.82) is 0 Å². The second-order valence-corrected chi connectivity index (χ2v) is 6.27. The highest BCUT2D eigenvalue weighted by atomic mass is 32.2. The molecule has 100 valence electrons. The first kappa shape index (κ1) is 14.6. The first-order valence-electron chi connectivity index (χ1n) is 4.84. The van der Waals surface area contributed by atoms with Crippen LogP contribution in [0.15, 0.2) is 5.38 Å². The number of thiazole rings is 1. The molecule has 0 aliphatic heterocycles. The molecule has 0 bridgehead atoms. The SMILES string of the molecule is COC(=O)C(C)S(=O)(=O)Nc1nc(C(C)=O)cs1. The number of nitrogens with zero attached hydrogens (tertiary/aromatic N) is 1. The lowest BCUT2D eigenvalue weighted by Crippen LogP contribution is -2.33. The van der Waals surface area contributed by atoms with Gasteiger partial charge in [-0.25, -0.2) is 13.4 Å². The van der Waals surface area contributed by atoms with Crippen LogP contribution < -0.4 is 4.72 Å². The summed E-state index contributed by atoms with van der Waals surface area (Å²) in [6, 6.07) is 0. The topological polar surface area (TPSA) is 102 Å². The number of anilines is 1. The molecule has 0 aromatic carbocycles. The molecule has 1 unspecified atom stereocenters. The zero-order valence-corrected chi connectivity index (χ0v) is 11.6. The number of hydrogen-bond donors (Lipinski definition) is 1. The Balaban J connectivity index is 2.88. The number of ketones is 1. The van der Waals surface area contributed by atoms with Gasteiger partial charge in [0.25, 0.3) is 0 Å². The van der Waals surface area contributed by atoms with Gasteiger partial charge in [0, 0.05) is 12.3 Å². The van der Waals surface area contributed by atoms with Crippen molar-refractivity contribution in [2.45, 2.75) is 19.1 Å². The molecule has 0 aliphatic carbocycles. The molecular weight excluding hydrogens is 280 g/mol. The quantitative estimate of drug-likeness (QED) is 0.631. The van der Waals surface area contributed by atoms with E-state index >= 15 is 0 Å². The third kappa shape index (κ3) is 3.26. The van der Waals surface area contributed by atoms with Gasteiger partial charge in [-0.15, -0.1) is 11.3 Å². The molecule has 0 fully saturated rings. The number of carbonyl (C=O) groups is 2. The molecule has 0 aliphatic rings. The van der Waals surface area contributed by atoms with Crippen molar-refractivity contribution >= 4 is 38.2 Å². The van der Waals surface area contributed by atoms with Crippen LogP contribution in [-0.4, -0.2) is 37.5 Å². The second kappa shape index (κ2) is 5.44. The Morgan fingerprint density at radius 2 is 2.11 bits per heavy atom. The number of methoxy groups -OCH3 is 1. The molecule has 0 amide bonds. The summed E-state index contributed by atoms with van der Waals surface area (Å²) in [5.74, 6) is -1.14. The van der Waals surface area contributed by atoms with Gasteiger partial charge in [-0.2, -0.15) is 0 Å². The molecule has 1 aromatic heterocycles. The fourth-order valence-corrected chi connectivity index (χ4v) is 2.93. The minimum absolute atomic E-state index is 0.0379. The first-order valence-corrected chi connectivity index (χ1v) is 7.26. The largest absolute Gasteiger partial charge is 0.468 e. The summed E-state index contributed by atoms with van der Waals surface area (Å²) in [7, 11) is -2.82. The van der Waals surface area contributed by atoms with Crippen LogP contribution in [0.2, 0.25) is 0 Å². The maximum atomic E-state index is 11.7. The number of rotatable bonds is 5. The van der Waals surface area contributed by atoms with Crippen molar-refractivity contribution in [1.82, 2.24) is 4.98 Å². The fourth-order valence-electron chi connectivity index (χ4n) is 0.985. The Kier molecular flexibility index (Phi) is 4.41. The van der Waals surface area contributed by atoms with E-state index in [2.05, 4.69) is 14.4 Å². The standard InChI is InChI=1S/C9H12N2O5S2/c1-5(12)7-4-17-9(10-7)11-18(14,15)6(2)8(13)16-3/h4,6H,1-3H3,(H,10,11). The molecule has 7 nitrogen and oxygen atoms in total. The van der Waals surface area contributed by atoms with Crippen LogP contribution in [0, 0.1) is 0 Å². The van der Waals surface area contributed by atoms with Crippen molar-refractivity contribution in [3.05, 3.63) is 11.1 Å². The van der Waals surface area contributed by atoms with Crippen LogP contribution in [0.3, 0.4) is 0 Å². The van der Waals surface area contributed by atoms with E-state index in [0.717, 1.165) is 18.4 Å². The molecule has 18 heavy (non-hydrogen) atoms. The van der Waals surface area contributed by atoms with Gasteiger partial charge in [0.05, 0.1) is 7.11 Å². The highest BCUT2D eigenvalue weighted by Gasteiger charge is 2.29. The third-order valence-corrected chi connectivity index (χ3v) is 4.58. The molecule has 1 heterocycles. The number of ether oxygens (including phenoxy) is 1. The van der Waals surface area contributed by atoms with E-state index in [0.29, 0.717) is 0 Å². The lowest BCUT2D eigenvalue weighted by Gasteiger charge is -2.10. The van der Waals surface area contributed by atoms with Crippen molar-refractivity contribution in [2.24, 2.45) is 0 Å². The number of Topliss-reactive ketones (excluding diaryl/α,β-unsaturated/α-hetero) is 1. The van der Waals surface area contributed by atoms with Crippen LogP contribution in [-0.2, 0) is 19.6 Å². The predicted octanol–water partition coefficient (Wildman–Crippen LogP) is 0.649. The Bertz CT molecular complexity index is 563. The van der Waals surface area contributed by atoms with Gasteiger partial charge in [0.1, 0.15) is 5.69 Å². The molecule has 0 saturated heterocycles. The third-order valence-electron chi connectivity index (χ3n) is 2.09. The summed E-state index contributed by atoms with van der Waals surface area (Å²) in [5.41, 5.74) is 0.170. The number of carbonyl (C=O) groups excluding carboxylic acids is 2. The van der Waals surface area contributed by atoms with E-state index in [4.69, 9.17) is 0 Å². The Morgan fingerprint density at radius 3 is 2.56 bits per heavy atom. The average Bonchev–Trinajstić information content (AvgIpc) is 2.74. The molecule has 9 heteroatoms. The summed E-state index contributed by atoms with van der Waals surface area (Å²) in [6.07, 6.45) is 0. The molecule has 1 rings (SSSR count). The molecule has 0 radical (unpaired) electrons. The van der Waals surface area contributed by atoms with Gasteiger partial charge in [0.15, 0.2) is 16.2 Å². The summed E-state index contributed by atoms with van der Waals surface area (Å²) >= 11 is 0.967. The summed E-state index contributed by atoms with van der Waals surface area (Å²) in [5, 5.41) is 0.117. The van der Waals surface area contributed by atoms with E-state index < -0.39 is 21.2 Å². The molecule has 1 N–H and O–H groups in total. The Hall–Kier alpha value is -1.48. The normalized spacial score (nSPS) is 12.8. The van der Waals surface area contributed by atoms with E-state index in [1.807, 2.05) is 0 Å². The van der Waals surface area contributed by atoms with Crippen molar-refractivity contribution < 1.29 is 22.7 Å². The smallest absolute Gasteiger partial charge is 0.325 e. The molecule has 1 atom stereocenters. The minimum Gasteiger partial charge on any atom is -0.468 e. The van der Waals surface area contributed by atoms with Gasteiger partial charge in [-0.3, -0.25) is 14.3 Å². The lowest BCUT2D eigenvalue weighted by atomic mass is 10.4. The minimum atomic E-state index is -3.92. The number of esters is 1. The summed E-state index contributed by atoms with van der Waals surface area (Å²) < 4.78 is 30.0. The Labute approximate surface area is 108 Å². The number of aromatic nitrogens is 1. The monoisotopic (exact) mass is 292 g/mol. The van der Waals surface area contributed by atoms with Gasteiger partial charge in [0.2, 0.25) is 10.0 Å². The molecular formula is C9H12N2O5S2. The predicted molar refractivity (Wildman–Crippen MR) is 66.1 cm³/mol. The van der Waals surface area contributed by atoms with E-state index in [-0.39, 0.29) is 16.6 Å². The van der Waals surface area contributed by atoms with Crippen LogP contribution in [0.4, 0.5) is 5.13 Å². The highest BCUT2D eigenvalue weighted by Crippen LogP contribution is 2.18. The second-order valence-electron chi connectivity index (χ2n) is 3.41. The van der Waals surface area contributed by atoms with Crippen LogP contribution in [0.5, 0.6) is 0 Å². The van der Waals surface area contributed by atoms with Crippen molar-refractivity contribution in [2.75, 3.05) is 11.8 Å². The van der Waals surface area contributed by atoms with Gasteiger partial charge in [-0.1, -0.05) is 0 Å². The van der Waals surface area contributed by atoms with Gasteiger partial charge in [-0.05, 0) is 6.92 Å². The van der Waals surface area contributed by atoms with Crippen LogP contribution >= 0.6 is 11.3 Å². The summed E-state index contributed by atoms with van der Waals surface area (Å²) in [6.45, 7) is 2.53. The summed E-state index contributed by atoms with van der Waals surface area (Å²) in [4.78, 5) is 25.9. The zero-order chi connectivity index (χ0) is 13.9. The highest BCUT2D eigenvalue weighted by molar-refractivity contribution is 7.94. The molecule has 0 spiro atoms. The maximum absolute atomic E-state index is 11.7. The van der Waals surface area contributed by atoms with Crippen LogP contribution in [0.25, 0.3) is 0 Å². The zero-order valence-electron chi connectivity index (χ0n) is 9.96. The first-order chi connectivity index (χ1) is 8.27. The average molecular weight is 292 g/mol. The van der Waals surface area contributed by atoms with Crippen LogP contribution in [0.1, 0.15) is 24.3 Å². The number of hydrogen-bond acceptors (Lipinski definition) is 7. The Morgan fingerprint density at radius 1 is 1.50 bits per heavy atom. The van der Waals surface area contributed by atoms with Crippen molar-refractivity contribution in [3.8, 4) is 0 Å². The van der Waals surface area contributed by atoms with Gasteiger partial charge < -0.3 is 4.74 Å². The number of sulfonamides is 1. The number of nitrogens with one attached hydrogen (secondary N) is 1. The van der Waals surface area contributed by atoms with Crippen molar-refractivity contribution in [3.63, 3.8) is 0 Å². The van der Waals surface area contributed by atoms with E-state index in [1.54, 1.807) is 0 Å². The maximum Gasteiger partial charge on any atom is 0.325 e. The molecule has 0 saturated carbocycles. The lowest BCUT2D eigenvalue weighted by molar-refractivity contribution is -0.139. The van der Waals surface area contributed by atoms with E-state index in [9.17, 15) is 18.0 Å². The van der Waals surface area contributed by atoms with Gasteiger partial charge >= 0.3 is 5.97 Å². The molecule has 1 aromatic rings.